The van der Waals surface area contributed by atoms with E-state index in [1.54, 1.807) is 0 Å². The Labute approximate surface area is 105 Å². The van der Waals surface area contributed by atoms with Gasteiger partial charge in [-0.2, -0.15) is 0 Å². The number of rotatable bonds is 8. The maximum Gasteiger partial charge on any atom is 0.261 e. The first-order valence-corrected chi connectivity index (χ1v) is 6.13. The van der Waals surface area contributed by atoms with Gasteiger partial charge in [0.25, 0.3) is 6.43 Å². The van der Waals surface area contributed by atoms with E-state index < -0.39 is 13.0 Å². The number of hydrogen-bond donors (Lipinski definition) is 2. The summed E-state index contributed by atoms with van der Waals surface area (Å²) in [4.78, 5) is 11.3. The van der Waals surface area contributed by atoms with E-state index in [2.05, 4.69) is 15.4 Å². The lowest BCUT2D eigenvalue weighted by molar-refractivity contribution is -0.128. The van der Waals surface area contributed by atoms with Crippen LogP contribution in [-0.4, -0.2) is 57.9 Å². The molecule has 1 fully saturated rings. The van der Waals surface area contributed by atoms with Crippen LogP contribution in [0, 0.1) is 0 Å². The van der Waals surface area contributed by atoms with E-state index in [9.17, 15) is 13.6 Å². The first-order valence-electron chi connectivity index (χ1n) is 6.13. The number of carbonyl (C=O) groups excluding carboxylic acids is 1. The molecule has 0 bridgehead atoms. The maximum atomic E-state index is 11.7. The van der Waals surface area contributed by atoms with Crippen molar-refractivity contribution < 1.29 is 23.0 Å². The van der Waals surface area contributed by atoms with E-state index in [4.69, 9.17) is 4.74 Å². The van der Waals surface area contributed by atoms with Crippen LogP contribution in [0.3, 0.4) is 0 Å². The van der Waals surface area contributed by atoms with Gasteiger partial charge in [0.15, 0.2) is 0 Å². The van der Waals surface area contributed by atoms with Crippen molar-refractivity contribution in [3.63, 3.8) is 0 Å². The minimum absolute atomic E-state index is 0.0134. The molecule has 1 heterocycles. The van der Waals surface area contributed by atoms with E-state index in [0.717, 1.165) is 25.9 Å². The molecule has 2 N–H and O–H groups in total. The topological polar surface area (TPSA) is 59.6 Å². The fourth-order valence-corrected chi connectivity index (χ4v) is 1.64. The molecule has 1 rings (SSSR count). The van der Waals surface area contributed by atoms with E-state index in [1.807, 2.05) is 0 Å². The summed E-state index contributed by atoms with van der Waals surface area (Å²) in [7, 11) is 0. The lowest BCUT2D eigenvalue weighted by atomic mass is 10.1. The number of nitrogens with one attached hydrogen (secondary N) is 2. The zero-order valence-electron chi connectivity index (χ0n) is 10.3. The van der Waals surface area contributed by atoms with Crippen LogP contribution < -0.4 is 10.6 Å². The lowest BCUT2D eigenvalue weighted by Gasteiger charge is -2.22. The highest BCUT2D eigenvalue weighted by atomic mass is 19.3. The standard InChI is InChI=1S/C11H20F2N2O3/c12-10(13)7-17-6-5-15-11(16)8-18-9-1-3-14-4-2-9/h9-10,14H,1-8H2,(H,15,16). The predicted molar refractivity (Wildman–Crippen MR) is 61.7 cm³/mol. The molecule has 0 unspecified atom stereocenters. The van der Waals surface area contributed by atoms with Gasteiger partial charge in [-0.15, -0.1) is 0 Å². The summed E-state index contributed by atoms with van der Waals surface area (Å²) < 4.78 is 33.5. The van der Waals surface area contributed by atoms with Crippen LogP contribution in [-0.2, 0) is 14.3 Å². The molecule has 106 valence electrons. The molecule has 0 radical (unpaired) electrons. The Morgan fingerprint density at radius 1 is 1.39 bits per heavy atom. The molecule has 0 aromatic carbocycles. The Morgan fingerprint density at radius 3 is 2.78 bits per heavy atom. The minimum Gasteiger partial charge on any atom is -0.374 e. The molecule has 7 heteroatoms. The summed E-state index contributed by atoms with van der Waals surface area (Å²) in [6.45, 7) is 1.55. The largest absolute Gasteiger partial charge is 0.374 e. The second-order valence-electron chi connectivity index (χ2n) is 4.08. The van der Waals surface area contributed by atoms with Gasteiger partial charge in [0.05, 0.1) is 12.7 Å². The SMILES string of the molecule is O=C(COC1CCNCC1)NCCOCC(F)F. The molecular weight excluding hydrogens is 246 g/mol. The third-order valence-corrected chi connectivity index (χ3v) is 2.55. The molecule has 1 amide bonds. The third kappa shape index (κ3) is 7.52. The Hall–Kier alpha value is -0.790. The summed E-state index contributed by atoms with van der Waals surface area (Å²) in [5, 5.41) is 5.75. The Bertz CT molecular complexity index is 236. The number of carbonyl (C=O) groups is 1. The number of halogens is 2. The quantitative estimate of drug-likeness (QED) is 0.614. The molecule has 1 aliphatic heterocycles. The second-order valence-corrected chi connectivity index (χ2v) is 4.08. The number of ether oxygens (including phenoxy) is 2. The van der Waals surface area contributed by atoms with Crippen molar-refractivity contribution in [2.75, 3.05) is 39.5 Å². The van der Waals surface area contributed by atoms with Gasteiger partial charge >= 0.3 is 0 Å². The van der Waals surface area contributed by atoms with Crippen molar-refractivity contribution in [3.8, 4) is 0 Å². The molecule has 0 aromatic heterocycles. The van der Waals surface area contributed by atoms with Crippen molar-refractivity contribution in [2.24, 2.45) is 0 Å². The van der Waals surface area contributed by atoms with Gasteiger partial charge in [0, 0.05) is 6.54 Å². The van der Waals surface area contributed by atoms with Gasteiger partial charge < -0.3 is 20.1 Å². The van der Waals surface area contributed by atoms with Gasteiger partial charge in [0.2, 0.25) is 5.91 Å². The summed E-state index contributed by atoms with van der Waals surface area (Å²) in [6, 6.07) is 0. The zero-order valence-corrected chi connectivity index (χ0v) is 10.3. The number of amides is 1. The van der Waals surface area contributed by atoms with E-state index in [-0.39, 0.29) is 31.8 Å². The Balaban J connectivity index is 1.93. The molecule has 0 aliphatic carbocycles. The molecule has 18 heavy (non-hydrogen) atoms. The summed E-state index contributed by atoms with van der Waals surface area (Å²) in [6.07, 6.45) is -0.522. The third-order valence-electron chi connectivity index (χ3n) is 2.55. The Kier molecular flexibility index (Phi) is 7.79. The zero-order chi connectivity index (χ0) is 13.2. The second kappa shape index (κ2) is 9.18. The van der Waals surface area contributed by atoms with Gasteiger partial charge in [-0.25, -0.2) is 8.78 Å². The first-order chi connectivity index (χ1) is 8.68. The molecule has 1 saturated heterocycles. The first kappa shape index (κ1) is 15.3. The summed E-state index contributed by atoms with van der Waals surface area (Å²) >= 11 is 0. The predicted octanol–water partition coefficient (Wildman–Crippen LogP) is 0.153. The van der Waals surface area contributed by atoms with E-state index in [1.165, 1.54) is 0 Å². The fourth-order valence-electron chi connectivity index (χ4n) is 1.64. The maximum absolute atomic E-state index is 11.7. The highest BCUT2D eigenvalue weighted by Gasteiger charge is 2.14. The molecule has 0 aromatic rings. The monoisotopic (exact) mass is 266 g/mol. The smallest absolute Gasteiger partial charge is 0.261 e. The number of alkyl halides is 2. The highest BCUT2D eigenvalue weighted by Crippen LogP contribution is 2.06. The molecule has 5 nitrogen and oxygen atoms in total. The fraction of sp³-hybridized carbons (Fsp3) is 0.909. The normalized spacial score (nSPS) is 17.1. The van der Waals surface area contributed by atoms with E-state index in [0.29, 0.717) is 0 Å². The van der Waals surface area contributed by atoms with Crippen molar-refractivity contribution in [1.82, 2.24) is 10.6 Å². The number of hydrogen-bond acceptors (Lipinski definition) is 4. The molecule has 0 atom stereocenters. The van der Waals surface area contributed by atoms with Gasteiger partial charge in [-0.3, -0.25) is 4.79 Å². The highest BCUT2D eigenvalue weighted by molar-refractivity contribution is 5.77. The molecule has 0 saturated carbocycles. The van der Waals surface area contributed by atoms with Crippen LogP contribution in [0.4, 0.5) is 8.78 Å². The van der Waals surface area contributed by atoms with Crippen LogP contribution in [0.5, 0.6) is 0 Å². The lowest BCUT2D eigenvalue weighted by Crippen LogP contribution is -2.36. The van der Waals surface area contributed by atoms with Gasteiger partial charge in [-0.05, 0) is 25.9 Å². The van der Waals surface area contributed by atoms with Crippen LogP contribution >= 0.6 is 0 Å². The van der Waals surface area contributed by atoms with Crippen molar-refractivity contribution in [2.45, 2.75) is 25.4 Å². The van der Waals surface area contributed by atoms with Gasteiger partial charge in [-0.1, -0.05) is 0 Å². The van der Waals surface area contributed by atoms with Crippen molar-refractivity contribution >= 4 is 5.91 Å². The number of piperidine rings is 1. The molecule has 1 aliphatic rings. The average Bonchev–Trinajstić information content (AvgIpc) is 2.37. The van der Waals surface area contributed by atoms with Crippen LogP contribution in [0.25, 0.3) is 0 Å². The minimum atomic E-state index is -2.47. The van der Waals surface area contributed by atoms with E-state index >= 15 is 0 Å². The summed E-state index contributed by atoms with van der Waals surface area (Å²) in [5.41, 5.74) is 0. The van der Waals surface area contributed by atoms with Crippen LogP contribution in [0.2, 0.25) is 0 Å². The average molecular weight is 266 g/mol. The van der Waals surface area contributed by atoms with Crippen LogP contribution in [0.15, 0.2) is 0 Å². The van der Waals surface area contributed by atoms with Crippen molar-refractivity contribution in [3.05, 3.63) is 0 Å². The van der Waals surface area contributed by atoms with Crippen molar-refractivity contribution in [1.29, 1.82) is 0 Å². The summed E-state index contributed by atoms with van der Waals surface area (Å²) in [5.74, 6) is -0.242. The Morgan fingerprint density at radius 2 is 2.11 bits per heavy atom. The van der Waals surface area contributed by atoms with Crippen LogP contribution in [0.1, 0.15) is 12.8 Å². The molecule has 0 spiro atoms. The molecular formula is C11H20F2N2O3. The van der Waals surface area contributed by atoms with Gasteiger partial charge in [0.1, 0.15) is 13.2 Å².